The van der Waals surface area contributed by atoms with Gasteiger partial charge in [0.25, 0.3) is 0 Å². The molecule has 0 radical (unpaired) electrons. The first-order chi connectivity index (χ1) is 10.2. The van der Waals surface area contributed by atoms with Gasteiger partial charge in [0, 0.05) is 34.7 Å². The second-order valence-corrected chi connectivity index (χ2v) is 4.84. The van der Waals surface area contributed by atoms with Crippen LogP contribution in [0.4, 0.5) is 10.1 Å². The predicted molar refractivity (Wildman–Crippen MR) is 80.7 cm³/mol. The van der Waals surface area contributed by atoms with E-state index in [1.807, 2.05) is 22.9 Å². The van der Waals surface area contributed by atoms with E-state index in [0.29, 0.717) is 11.2 Å². The number of nitrogens with two attached hydrogens (primary N) is 1. The SMILES string of the molecule is Nc1c([18F])ccc2cnc(-n3ccc4ccncc43)cc12. The maximum atomic E-state index is 13.6. The fourth-order valence-electron chi connectivity index (χ4n) is 2.51. The molecule has 5 heteroatoms. The number of rotatable bonds is 1. The summed E-state index contributed by atoms with van der Waals surface area (Å²) >= 11 is 0. The molecule has 3 heterocycles. The molecule has 4 rings (SSSR count). The highest BCUT2D eigenvalue weighted by molar-refractivity contribution is 5.94. The average Bonchev–Trinajstić information content (AvgIpc) is 2.95. The molecule has 0 atom stereocenters. The summed E-state index contributed by atoms with van der Waals surface area (Å²) in [5, 5.41) is 2.54. The lowest BCUT2D eigenvalue weighted by molar-refractivity contribution is 0.634. The van der Waals surface area contributed by atoms with Gasteiger partial charge in [-0.05, 0) is 30.3 Å². The van der Waals surface area contributed by atoms with Crippen molar-refractivity contribution in [2.45, 2.75) is 0 Å². The first-order valence-electron chi connectivity index (χ1n) is 6.49. The molecule has 2 N–H and O–H groups in total. The van der Waals surface area contributed by atoms with Gasteiger partial charge in [0.05, 0.1) is 17.4 Å². The number of fused-ring (bicyclic) bond motifs is 2. The summed E-state index contributed by atoms with van der Waals surface area (Å²) in [7, 11) is 0. The fraction of sp³-hybridized carbons (Fsp3) is 0. The molecule has 0 bridgehead atoms. The van der Waals surface area contributed by atoms with Gasteiger partial charge < -0.3 is 5.73 Å². The minimum absolute atomic E-state index is 0.144. The molecule has 3 aromatic heterocycles. The number of anilines is 1. The Morgan fingerprint density at radius 3 is 2.86 bits per heavy atom. The predicted octanol–water partition coefficient (Wildman–Crippen LogP) is 3.30. The highest BCUT2D eigenvalue weighted by atomic mass is 18.2. The van der Waals surface area contributed by atoms with E-state index in [2.05, 4.69) is 9.97 Å². The number of pyridine rings is 2. The van der Waals surface area contributed by atoms with Crippen LogP contribution in [0.1, 0.15) is 0 Å². The lowest BCUT2D eigenvalue weighted by atomic mass is 10.1. The molecule has 0 saturated carbocycles. The van der Waals surface area contributed by atoms with Crippen molar-refractivity contribution >= 4 is 27.4 Å². The quantitative estimate of drug-likeness (QED) is 0.543. The van der Waals surface area contributed by atoms with Crippen molar-refractivity contribution in [1.82, 2.24) is 14.5 Å². The van der Waals surface area contributed by atoms with Gasteiger partial charge in [-0.3, -0.25) is 9.55 Å². The second kappa shape index (κ2) is 4.28. The van der Waals surface area contributed by atoms with E-state index < -0.39 is 5.82 Å². The van der Waals surface area contributed by atoms with Gasteiger partial charge in [-0.15, -0.1) is 0 Å². The summed E-state index contributed by atoms with van der Waals surface area (Å²) in [6.07, 6.45) is 7.13. The Labute approximate surface area is 119 Å². The normalized spacial score (nSPS) is 11.3. The van der Waals surface area contributed by atoms with E-state index in [1.165, 1.54) is 6.07 Å². The van der Waals surface area contributed by atoms with Crippen LogP contribution in [0.5, 0.6) is 0 Å². The lowest BCUT2D eigenvalue weighted by Crippen LogP contribution is -1.98. The van der Waals surface area contributed by atoms with Gasteiger partial charge in [-0.25, -0.2) is 9.37 Å². The zero-order chi connectivity index (χ0) is 14.4. The van der Waals surface area contributed by atoms with Gasteiger partial charge in [0.2, 0.25) is 0 Å². The number of benzene rings is 1. The molecule has 102 valence electrons. The Kier molecular flexibility index (Phi) is 2.41. The van der Waals surface area contributed by atoms with Crippen molar-refractivity contribution in [3.63, 3.8) is 0 Å². The Hall–Kier alpha value is -2.95. The Morgan fingerprint density at radius 1 is 1.05 bits per heavy atom. The van der Waals surface area contributed by atoms with Crippen molar-refractivity contribution < 1.29 is 4.39 Å². The molecule has 0 fully saturated rings. The smallest absolute Gasteiger partial charge is 0.146 e. The number of nitrogens with zero attached hydrogens (tertiary/aromatic N) is 3. The topological polar surface area (TPSA) is 56.7 Å². The van der Waals surface area contributed by atoms with Crippen molar-refractivity contribution in [3.05, 3.63) is 60.9 Å². The largest absolute Gasteiger partial charge is 0.396 e. The average molecular weight is 277 g/mol. The molecular formula is C16H11FN4. The molecule has 4 aromatic rings. The number of hydrogen-bond donors (Lipinski definition) is 1. The van der Waals surface area contributed by atoms with Crippen LogP contribution in [0.3, 0.4) is 0 Å². The zero-order valence-corrected chi connectivity index (χ0v) is 11.0. The molecule has 0 unspecified atom stereocenters. The molecule has 0 saturated heterocycles. The minimum atomic E-state index is -0.418. The number of hydrogen-bond acceptors (Lipinski definition) is 3. The van der Waals surface area contributed by atoms with Crippen LogP contribution in [-0.2, 0) is 0 Å². The second-order valence-electron chi connectivity index (χ2n) is 4.84. The van der Waals surface area contributed by atoms with E-state index in [4.69, 9.17) is 5.73 Å². The molecule has 0 amide bonds. The molecule has 0 spiro atoms. The van der Waals surface area contributed by atoms with Gasteiger partial charge >= 0.3 is 0 Å². The van der Waals surface area contributed by atoms with Crippen LogP contribution in [-0.4, -0.2) is 14.5 Å². The molecular weight excluding hydrogens is 266 g/mol. The summed E-state index contributed by atoms with van der Waals surface area (Å²) in [5.41, 5.74) is 6.92. The van der Waals surface area contributed by atoms with Crippen molar-refractivity contribution in [2.75, 3.05) is 5.73 Å². The van der Waals surface area contributed by atoms with Crippen LogP contribution in [0.25, 0.3) is 27.5 Å². The van der Waals surface area contributed by atoms with Crippen LogP contribution in [0, 0.1) is 5.82 Å². The molecule has 0 aliphatic heterocycles. The van der Waals surface area contributed by atoms with Crippen LogP contribution < -0.4 is 5.73 Å². The number of nitrogen functional groups attached to an aromatic ring is 1. The molecule has 1 aromatic carbocycles. The highest BCUT2D eigenvalue weighted by Gasteiger charge is 2.08. The molecule has 0 aliphatic carbocycles. The third kappa shape index (κ3) is 1.74. The Balaban J connectivity index is 2.00. The highest BCUT2D eigenvalue weighted by Crippen LogP contribution is 2.26. The minimum Gasteiger partial charge on any atom is -0.396 e. The molecule has 4 nitrogen and oxygen atoms in total. The van der Waals surface area contributed by atoms with Crippen LogP contribution in [0.2, 0.25) is 0 Å². The first kappa shape index (κ1) is 11.8. The maximum absolute atomic E-state index is 13.6. The Morgan fingerprint density at radius 2 is 1.95 bits per heavy atom. The molecule has 21 heavy (non-hydrogen) atoms. The summed E-state index contributed by atoms with van der Waals surface area (Å²) in [5.74, 6) is 0.265. The van der Waals surface area contributed by atoms with E-state index in [1.54, 1.807) is 30.7 Å². The van der Waals surface area contributed by atoms with E-state index >= 15 is 0 Å². The molecule has 0 aliphatic rings. The van der Waals surface area contributed by atoms with Gasteiger partial charge in [-0.1, -0.05) is 0 Å². The number of aromatic nitrogens is 3. The first-order valence-corrected chi connectivity index (χ1v) is 6.49. The standard InChI is InChI=1S/C16H11FN4/c17-13-2-1-11-8-20-15(7-12(11)16(13)18)21-6-4-10-3-5-19-9-14(10)21/h1-9H,18H2/i17-1. The third-order valence-electron chi connectivity index (χ3n) is 3.62. The summed E-state index contributed by atoms with van der Waals surface area (Å²) in [4.78, 5) is 8.56. The van der Waals surface area contributed by atoms with Gasteiger partial charge in [-0.2, -0.15) is 0 Å². The van der Waals surface area contributed by atoms with E-state index in [0.717, 1.165) is 16.3 Å². The summed E-state index contributed by atoms with van der Waals surface area (Å²) < 4.78 is 15.5. The summed E-state index contributed by atoms with van der Waals surface area (Å²) in [6, 6.07) is 8.74. The van der Waals surface area contributed by atoms with Crippen molar-refractivity contribution in [3.8, 4) is 5.82 Å². The lowest BCUT2D eigenvalue weighted by Gasteiger charge is -2.08. The van der Waals surface area contributed by atoms with Crippen molar-refractivity contribution in [1.29, 1.82) is 0 Å². The third-order valence-corrected chi connectivity index (χ3v) is 3.62. The van der Waals surface area contributed by atoms with Crippen LogP contribution in [0.15, 0.2) is 55.1 Å². The Bertz CT molecular complexity index is 975. The van der Waals surface area contributed by atoms with Crippen LogP contribution >= 0.6 is 0 Å². The summed E-state index contributed by atoms with van der Waals surface area (Å²) in [6.45, 7) is 0. The van der Waals surface area contributed by atoms with Gasteiger partial charge in [0.15, 0.2) is 0 Å². The van der Waals surface area contributed by atoms with Gasteiger partial charge in [0.1, 0.15) is 11.6 Å². The van der Waals surface area contributed by atoms with Crippen molar-refractivity contribution in [2.24, 2.45) is 0 Å². The fourth-order valence-corrected chi connectivity index (χ4v) is 2.51. The number of halogens is 1. The maximum Gasteiger partial charge on any atom is 0.146 e. The van der Waals surface area contributed by atoms with E-state index in [-0.39, 0.29) is 5.69 Å². The van der Waals surface area contributed by atoms with E-state index in [9.17, 15) is 4.39 Å². The zero-order valence-electron chi connectivity index (χ0n) is 11.0. The monoisotopic (exact) mass is 277 g/mol.